The Bertz CT molecular complexity index is 600. The highest BCUT2D eigenvalue weighted by atomic mass is 19.1. The summed E-state index contributed by atoms with van der Waals surface area (Å²) < 4.78 is 32.3. The van der Waals surface area contributed by atoms with Crippen molar-refractivity contribution in [3.8, 4) is 0 Å². The minimum absolute atomic E-state index is 0.158. The van der Waals surface area contributed by atoms with E-state index in [9.17, 15) is 8.78 Å². The maximum absolute atomic E-state index is 13.6. The first-order valence-corrected chi connectivity index (χ1v) is 6.11. The van der Waals surface area contributed by atoms with Gasteiger partial charge in [-0.05, 0) is 29.3 Å². The van der Waals surface area contributed by atoms with E-state index < -0.39 is 11.6 Å². The fourth-order valence-electron chi connectivity index (χ4n) is 2.30. The number of anilines is 1. The van der Waals surface area contributed by atoms with Gasteiger partial charge in [0.05, 0.1) is 24.9 Å². The minimum Gasteiger partial charge on any atom is -0.374 e. The highest BCUT2D eigenvalue weighted by molar-refractivity contribution is 5.48. The van der Waals surface area contributed by atoms with Crippen LogP contribution in [0.5, 0.6) is 0 Å². The average molecular weight is 261 g/mol. The molecule has 4 heteroatoms. The van der Waals surface area contributed by atoms with Crippen molar-refractivity contribution >= 4 is 5.69 Å². The molecule has 0 saturated heterocycles. The monoisotopic (exact) mass is 261 g/mol. The highest BCUT2D eigenvalue weighted by Gasteiger charge is 2.21. The van der Waals surface area contributed by atoms with Crippen molar-refractivity contribution in [3.63, 3.8) is 0 Å². The summed E-state index contributed by atoms with van der Waals surface area (Å²) in [7, 11) is 0. The Morgan fingerprint density at radius 3 is 2.84 bits per heavy atom. The molecule has 0 amide bonds. The van der Waals surface area contributed by atoms with Gasteiger partial charge in [0, 0.05) is 0 Å². The number of benzene rings is 2. The molecule has 2 aromatic carbocycles. The van der Waals surface area contributed by atoms with Crippen molar-refractivity contribution in [1.29, 1.82) is 0 Å². The lowest BCUT2D eigenvalue weighted by Crippen LogP contribution is -2.23. The summed E-state index contributed by atoms with van der Waals surface area (Å²) >= 11 is 0. The van der Waals surface area contributed by atoms with Gasteiger partial charge in [-0.15, -0.1) is 0 Å². The minimum atomic E-state index is -0.468. The van der Waals surface area contributed by atoms with Crippen molar-refractivity contribution in [2.24, 2.45) is 0 Å². The molecule has 1 aliphatic heterocycles. The molecule has 0 aliphatic carbocycles. The zero-order valence-corrected chi connectivity index (χ0v) is 10.2. The van der Waals surface area contributed by atoms with Crippen LogP contribution in [0.15, 0.2) is 42.5 Å². The van der Waals surface area contributed by atoms with Crippen molar-refractivity contribution < 1.29 is 13.5 Å². The molecule has 1 unspecified atom stereocenters. The Morgan fingerprint density at radius 2 is 1.95 bits per heavy atom. The Labute approximate surface area is 110 Å². The van der Waals surface area contributed by atoms with Gasteiger partial charge in [-0.1, -0.05) is 24.3 Å². The van der Waals surface area contributed by atoms with E-state index in [0.29, 0.717) is 13.2 Å². The summed E-state index contributed by atoms with van der Waals surface area (Å²) in [6.45, 7) is 0.993. The molecule has 1 aliphatic rings. The van der Waals surface area contributed by atoms with Gasteiger partial charge in [-0.25, -0.2) is 8.78 Å². The topological polar surface area (TPSA) is 21.3 Å². The van der Waals surface area contributed by atoms with Gasteiger partial charge < -0.3 is 10.1 Å². The summed E-state index contributed by atoms with van der Waals surface area (Å²) in [6, 6.07) is 11.0. The van der Waals surface area contributed by atoms with E-state index in [4.69, 9.17) is 4.74 Å². The second kappa shape index (κ2) is 4.97. The van der Waals surface area contributed by atoms with Crippen LogP contribution in [0.25, 0.3) is 0 Å². The molecule has 1 heterocycles. The molecule has 19 heavy (non-hydrogen) atoms. The number of rotatable bonds is 2. The van der Waals surface area contributed by atoms with Gasteiger partial charge in [-0.2, -0.15) is 0 Å². The number of nitrogens with one attached hydrogen (secondary N) is 1. The van der Waals surface area contributed by atoms with Crippen LogP contribution < -0.4 is 5.32 Å². The molecule has 0 aromatic heterocycles. The van der Waals surface area contributed by atoms with Gasteiger partial charge in [0.2, 0.25) is 0 Å². The Morgan fingerprint density at radius 1 is 1.11 bits per heavy atom. The van der Waals surface area contributed by atoms with Crippen LogP contribution in [0.4, 0.5) is 14.5 Å². The molecule has 0 bridgehead atoms. The van der Waals surface area contributed by atoms with Gasteiger partial charge in [-0.3, -0.25) is 0 Å². The lowest BCUT2D eigenvalue weighted by Gasteiger charge is -2.27. The van der Waals surface area contributed by atoms with E-state index in [-0.39, 0.29) is 11.7 Å². The van der Waals surface area contributed by atoms with E-state index in [2.05, 4.69) is 5.32 Å². The van der Waals surface area contributed by atoms with Crippen LogP contribution >= 0.6 is 0 Å². The predicted molar refractivity (Wildman–Crippen MR) is 68.8 cm³/mol. The second-order valence-electron chi connectivity index (χ2n) is 4.54. The first-order valence-electron chi connectivity index (χ1n) is 6.11. The summed E-state index contributed by atoms with van der Waals surface area (Å²) in [5.41, 5.74) is 2.30. The molecule has 2 aromatic rings. The second-order valence-corrected chi connectivity index (χ2v) is 4.54. The first kappa shape index (κ1) is 12.1. The standard InChI is InChI=1S/C15H13F2NO/c16-11-5-6-13(17)14(7-11)18-15-9-19-8-10-3-1-2-4-12(10)15/h1-7,15,18H,8-9H2. The van der Waals surface area contributed by atoms with Crippen LogP contribution in [-0.4, -0.2) is 6.61 Å². The lowest BCUT2D eigenvalue weighted by molar-refractivity contribution is 0.0969. The van der Waals surface area contributed by atoms with E-state index >= 15 is 0 Å². The molecule has 2 nitrogen and oxygen atoms in total. The molecule has 0 radical (unpaired) electrons. The maximum atomic E-state index is 13.6. The summed E-state index contributed by atoms with van der Waals surface area (Å²) in [4.78, 5) is 0. The fourth-order valence-corrected chi connectivity index (χ4v) is 2.30. The average Bonchev–Trinajstić information content (AvgIpc) is 2.43. The normalized spacial score (nSPS) is 17.9. The number of hydrogen-bond donors (Lipinski definition) is 1. The first-order chi connectivity index (χ1) is 9.24. The van der Waals surface area contributed by atoms with Crippen LogP contribution in [0.2, 0.25) is 0 Å². The van der Waals surface area contributed by atoms with Crippen molar-refractivity contribution in [3.05, 3.63) is 65.2 Å². The van der Waals surface area contributed by atoms with Crippen molar-refractivity contribution in [1.82, 2.24) is 0 Å². The van der Waals surface area contributed by atoms with Gasteiger partial charge >= 0.3 is 0 Å². The van der Waals surface area contributed by atoms with Crippen LogP contribution in [0, 0.1) is 11.6 Å². The highest BCUT2D eigenvalue weighted by Crippen LogP contribution is 2.29. The molecule has 98 valence electrons. The SMILES string of the molecule is Fc1ccc(F)c(NC2COCc3ccccc32)c1. The molecule has 1 atom stereocenters. The molecular formula is C15H13F2NO. The van der Waals surface area contributed by atoms with Gasteiger partial charge in [0.25, 0.3) is 0 Å². The quantitative estimate of drug-likeness (QED) is 0.891. The largest absolute Gasteiger partial charge is 0.374 e. The fraction of sp³-hybridized carbons (Fsp3) is 0.200. The molecule has 0 saturated carbocycles. The zero-order chi connectivity index (χ0) is 13.2. The lowest BCUT2D eigenvalue weighted by atomic mass is 9.99. The smallest absolute Gasteiger partial charge is 0.146 e. The molecule has 3 rings (SSSR count). The third-order valence-electron chi connectivity index (χ3n) is 3.23. The maximum Gasteiger partial charge on any atom is 0.146 e. The Kier molecular flexibility index (Phi) is 3.17. The Hall–Kier alpha value is -1.94. The number of hydrogen-bond acceptors (Lipinski definition) is 2. The number of fused-ring (bicyclic) bond motifs is 1. The van der Waals surface area contributed by atoms with Crippen LogP contribution in [0.1, 0.15) is 17.2 Å². The third kappa shape index (κ3) is 2.44. The summed E-state index contributed by atoms with van der Waals surface area (Å²) in [5, 5.41) is 3.01. The van der Waals surface area contributed by atoms with Crippen LogP contribution in [0.3, 0.4) is 0 Å². The van der Waals surface area contributed by atoms with Gasteiger partial charge in [0.15, 0.2) is 0 Å². The van der Waals surface area contributed by atoms with Crippen molar-refractivity contribution in [2.75, 3.05) is 11.9 Å². The summed E-state index contributed by atoms with van der Waals surface area (Å²) in [6.07, 6.45) is 0. The molecule has 0 fully saturated rings. The third-order valence-corrected chi connectivity index (χ3v) is 3.23. The number of halogens is 2. The molecule has 1 N–H and O–H groups in total. The van der Waals surface area contributed by atoms with E-state index in [1.54, 1.807) is 0 Å². The van der Waals surface area contributed by atoms with Gasteiger partial charge in [0.1, 0.15) is 11.6 Å². The van der Waals surface area contributed by atoms with Crippen LogP contribution in [-0.2, 0) is 11.3 Å². The predicted octanol–water partition coefficient (Wildman–Crippen LogP) is 3.65. The summed E-state index contributed by atoms with van der Waals surface area (Å²) in [5.74, 6) is -0.932. The van der Waals surface area contributed by atoms with E-state index in [1.165, 1.54) is 0 Å². The molecule has 0 spiro atoms. The molecular weight excluding hydrogens is 248 g/mol. The Balaban J connectivity index is 1.90. The van der Waals surface area contributed by atoms with E-state index in [0.717, 1.165) is 29.3 Å². The zero-order valence-electron chi connectivity index (χ0n) is 10.2. The number of ether oxygens (including phenoxy) is 1. The van der Waals surface area contributed by atoms with Crippen molar-refractivity contribution in [2.45, 2.75) is 12.6 Å². The van der Waals surface area contributed by atoms with E-state index in [1.807, 2.05) is 24.3 Å².